The van der Waals surface area contributed by atoms with E-state index in [0.717, 1.165) is 16.6 Å². The van der Waals surface area contributed by atoms with E-state index in [2.05, 4.69) is 10.3 Å². The summed E-state index contributed by atoms with van der Waals surface area (Å²) in [7, 11) is 0. The maximum absolute atomic E-state index is 11.9. The number of benzene rings is 1. The van der Waals surface area contributed by atoms with Crippen LogP contribution in [0, 0.1) is 10.1 Å². The van der Waals surface area contributed by atoms with Gasteiger partial charge in [0.15, 0.2) is 5.76 Å². The number of carbonyl (C=O) groups is 1. The predicted octanol–water partition coefficient (Wildman–Crippen LogP) is 3.56. The fourth-order valence-corrected chi connectivity index (χ4v) is 2.45. The summed E-state index contributed by atoms with van der Waals surface area (Å²) in [6.07, 6.45) is 1.72. The van der Waals surface area contributed by atoms with E-state index in [-0.39, 0.29) is 5.76 Å². The standard InChI is InChI=1S/C14H9N3O4S/c18-13(11-5-6-12(21-11)17(19)20)16-10-3-1-9(2-4-10)14-15-7-8-22-14/h1-8H,(H,16,18). The molecule has 0 radical (unpaired) electrons. The van der Waals surface area contributed by atoms with Gasteiger partial charge in [-0.05, 0) is 30.3 Å². The minimum Gasteiger partial charge on any atom is -0.395 e. The Morgan fingerprint density at radius 3 is 2.59 bits per heavy atom. The van der Waals surface area contributed by atoms with Gasteiger partial charge in [-0.15, -0.1) is 11.3 Å². The highest BCUT2D eigenvalue weighted by Gasteiger charge is 2.17. The van der Waals surface area contributed by atoms with E-state index in [1.165, 1.54) is 17.4 Å². The van der Waals surface area contributed by atoms with Crippen molar-refractivity contribution in [3.05, 3.63) is 63.8 Å². The van der Waals surface area contributed by atoms with E-state index in [0.29, 0.717) is 5.69 Å². The lowest BCUT2D eigenvalue weighted by molar-refractivity contribution is -0.402. The zero-order valence-corrected chi connectivity index (χ0v) is 11.9. The lowest BCUT2D eigenvalue weighted by atomic mass is 10.2. The molecule has 8 heteroatoms. The molecule has 0 unspecified atom stereocenters. The molecule has 2 heterocycles. The van der Waals surface area contributed by atoms with Crippen LogP contribution in [0.15, 0.2) is 52.4 Å². The first-order valence-electron chi connectivity index (χ1n) is 6.19. The van der Waals surface area contributed by atoms with Crippen molar-refractivity contribution in [3.63, 3.8) is 0 Å². The second-order valence-electron chi connectivity index (χ2n) is 4.26. The summed E-state index contributed by atoms with van der Waals surface area (Å²) in [6, 6.07) is 9.52. The van der Waals surface area contributed by atoms with E-state index in [4.69, 9.17) is 4.42 Å². The summed E-state index contributed by atoms with van der Waals surface area (Å²) < 4.78 is 4.84. The average Bonchev–Trinajstić information content (AvgIpc) is 3.20. The van der Waals surface area contributed by atoms with Crippen LogP contribution in [0.4, 0.5) is 11.6 Å². The Kier molecular flexibility index (Phi) is 3.67. The fraction of sp³-hybridized carbons (Fsp3) is 0. The number of hydrogen-bond donors (Lipinski definition) is 1. The number of nitro groups is 1. The summed E-state index contributed by atoms with van der Waals surface area (Å²) in [5, 5.41) is 15.9. The maximum Gasteiger partial charge on any atom is 0.433 e. The summed E-state index contributed by atoms with van der Waals surface area (Å²) in [5.74, 6) is -1.13. The number of nitrogens with one attached hydrogen (secondary N) is 1. The zero-order chi connectivity index (χ0) is 15.5. The van der Waals surface area contributed by atoms with Crippen molar-refractivity contribution < 1.29 is 14.1 Å². The smallest absolute Gasteiger partial charge is 0.395 e. The van der Waals surface area contributed by atoms with Crippen molar-refractivity contribution in [2.45, 2.75) is 0 Å². The van der Waals surface area contributed by atoms with Crippen LogP contribution in [0.1, 0.15) is 10.6 Å². The van der Waals surface area contributed by atoms with Crippen LogP contribution in [0.2, 0.25) is 0 Å². The summed E-state index contributed by atoms with van der Waals surface area (Å²) in [5.41, 5.74) is 1.51. The van der Waals surface area contributed by atoms with E-state index < -0.39 is 16.7 Å². The normalized spacial score (nSPS) is 10.4. The van der Waals surface area contributed by atoms with Crippen molar-refractivity contribution in [3.8, 4) is 10.6 Å². The quantitative estimate of drug-likeness (QED) is 0.586. The zero-order valence-electron chi connectivity index (χ0n) is 11.1. The number of thiazole rings is 1. The Hall–Kier alpha value is -3.00. The Balaban J connectivity index is 1.72. The van der Waals surface area contributed by atoms with Gasteiger partial charge in [0.2, 0.25) is 0 Å². The first-order chi connectivity index (χ1) is 10.6. The highest BCUT2D eigenvalue weighted by atomic mass is 32.1. The molecule has 1 amide bonds. The minimum atomic E-state index is -0.695. The number of rotatable bonds is 4. The van der Waals surface area contributed by atoms with Gasteiger partial charge in [0.25, 0.3) is 5.91 Å². The molecule has 0 saturated heterocycles. The first kappa shape index (κ1) is 14.0. The number of nitrogens with zero attached hydrogens (tertiary/aromatic N) is 2. The number of furan rings is 1. The van der Waals surface area contributed by atoms with Crippen molar-refractivity contribution in [1.82, 2.24) is 4.98 Å². The van der Waals surface area contributed by atoms with E-state index in [1.54, 1.807) is 18.3 Å². The van der Waals surface area contributed by atoms with Gasteiger partial charge in [0, 0.05) is 22.8 Å². The largest absolute Gasteiger partial charge is 0.433 e. The molecule has 0 aliphatic carbocycles. The monoisotopic (exact) mass is 315 g/mol. The molecule has 0 saturated carbocycles. The Morgan fingerprint density at radius 1 is 1.23 bits per heavy atom. The van der Waals surface area contributed by atoms with E-state index >= 15 is 0 Å². The highest BCUT2D eigenvalue weighted by Crippen LogP contribution is 2.23. The van der Waals surface area contributed by atoms with Crippen molar-refractivity contribution in [2.75, 3.05) is 5.32 Å². The first-order valence-corrected chi connectivity index (χ1v) is 7.07. The van der Waals surface area contributed by atoms with E-state index in [1.807, 2.05) is 17.5 Å². The molecule has 2 aromatic heterocycles. The molecule has 110 valence electrons. The van der Waals surface area contributed by atoms with Crippen LogP contribution in [-0.4, -0.2) is 15.8 Å². The lowest BCUT2D eigenvalue weighted by Crippen LogP contribution is -2.10. The predicted molar refractivity (Wildman–Crippen MR) is 80.9 cm³/mol. The molecule has 3 rings (SSSR count). The second-order valence-corrected chi connectivity index (χ2v) is 5.16. The average molecular weight is 315 g/mol. The van der Waals surface area contributed by atoms with Crippen LogP contribution in [0.5, 0.6) is 0 Å². The van der Waals surface area contributed by atoms with Crippen LogP contribution in [0.3, 0.4) is 0 Å². The van der Waals surface area contributed by atoms with Crippen LogP contribution in [-0.2, 0) is 0 Å². The van der Waals surface area contributed by atoms with Gasteiger partial charge < -0.3 is 9.73 Å². The molecule has 1 aromatic carbocycles. The van der Waals surface area contributed by atoms with Gasteiger partial charge in [-0.2, -0.15) is 0 Å². The van der Waals surface area contributed by atoms with Crippen molar-refractivity contribution in [2.24, 2.45) is 0 Å². The maximum atomic E-state index is 11.9. The third kappa shape index (κ3) is 2.86. The van der Waals surface area contributed by atoms with E-state index in [9.17, 15) is 14.9 Å². The molecule has 0 aliphatic rings. The fourth-order valence-electron chi connectivity index (χ4n) is 1.80. The Bertz CT molecular complexity index is 809. The summed E-state index contributed by atoms with van der Waals surface area (Å²) >= 11 is 1.52. The molecular formula is C14H9N3O4S. The van der Waals surface area contributed by atoms with Gasteiger partial charge in [0.05, 0.1) is 6.07 Å². The van der Waals surface area contributed by atoms with Crippen molar-refractivity contribution in [1.29, 1.82) is 0 Å². The molecule has 0 spiro atoms. The Labute approximate surface area is 128 Å². The molecular weight excluding hydrogens is 306 g/mol. The van der Waals surface area contributed by atoms with Gasteiger partial charge in [-0.25, -0.2) is 4.98 Å². The SMILES string of the molecule is O=C(Nc1ccc(-c2nccs2)cc1)c1ccc([N+](=O)[O-])o1. The molecule has 1 N–H and O–H groups in total. The number of aromatic nitrogens is 1. The van der Waals surface area contributed by atoms with Gasteiger partial charge >= 0.3 is 5.88 Å². The van der Waals surface area contributed by atoms with Crippen LogP contribution in [0.25, 0.3) is 10.6 Å². The second kappa shape index (κ2) is 5.78. The summed E-state index contributed by atoms with van der Waals surface area (Å²) in [6.45, 7) is 0. The lowest BCUT2D eigenvalue weighted by Gasteiger charge is -2.03. The topological polar surface area (TPSA) is 98.3 Å². The van der Waals surface area contributed by atoms with Gasteiger partial charge in [-0.1, -0.05) is 0 Å². The highest BCUT2D eigenvalue weighted by molar-refractivity contribution is 7.13. The minimum absolute atomic E-state index is 0.115. The number of amides is 1. The van der Waals surface area contributed by atoms with Gasteiger partial charge in [0.1, 0.15) is 9.93 Å². The molecule has 0 fully saturated rings. The summed E-state index contributed by atoms with van der Waals surface area (Å²) in [4.78, 5) is 25.9. The van der Waals surface area contributed by atoms with Crippen molar-refractivity contribution >= 4 is 28.8 Å². The molecule has 0 aliphatic heterocycles. The number of anilines is 1. The molecule has 0 atom stereocenters. The Morgan fingerprint density at radius 2 is 2.00 bits per heavy atom. The molecule has 0 bridgehead atoms. The number of carbonyl (C=O) groups excluding carboxylic acids is 1. The van der Waals surface area contributed by atoms with Crippen LogP contribution >= 0.6 is 11.3 Å². The van der Waals surface area contributed by atoms with Gasteiger partial charge in [-0.3, -0.25) is 14.9 Å². The third-order valence-electron chi connectivity index (χ3n) is 2.82. The molecule has 22 heavy (non-hydrogen) atoms. The molecule has 7 nitrogen and oxygen atoms in total. The molecule has 3 aromatic rings. The third-order valence-corrected chi connectivity index (χ3v) is 3.64. The van der Waals surface area contributed by atoms with Crippen LogP contribution < -0.4 is 5.32 Å². The number of hydrogen-bond acceptors (Lipinski definition) is 6.